The van der Waals surface area contributed by atoms with Crippen LogP contribution < -0.4 is 15.4 Å². The van der Waals surface area contributed by atoms with Gasteiger partial charge in [0.2, 0.25) is 0 Å². The predicted octanol–water partition coefficient (Wildman–Crippen LogP) is 5.21. The molecule has 1 unspecified atom stereocenters. The number of nitrogens with one attached hydrogen (secondary N) is 2. The average molecular weight is 435 g/mol. The summed E-state index contributed by atoms with van der Waals surface area (Å²) in [4.78, 5) is 0. The summed E-state index contributed by atoms with van der Waals surface area (Å²) in [6.07, 6.45) is 9.23. The smallest absolute Gasteiger partial charge is 0.119 e. The molecular formula is C27H31ClN2O. The van der Waals surface area contributed by atoms with E-state index in [9.17, 15) is 0 Å². The van der Waals surface area contributed by atoms with Crippen LogP contribution in [0.3, 0.4) is 0 Å². The second-order valence-corrected chi connectivity index (χ2v) is 8.08. The highest BCUT2D eigenvalue weighted by atomic mass is 35.5. The molecule has 3 nitrogen and oxygen atoms in total. The molecular weight excluding hydrogens is 404 g/mol. The summed E-state index contributed by atoms with van der Waals surface area (Å²) >= 11 is 5.90. The Morgan fingerprint density at radius 1 is 0.968 bits per heavy atom. The highest BCUT2D eigenvalue weighted by molar-refractivity contribution is 6.30. The van der Waals surface area contributed by atoms with Gasteiger partial charge < -0.3 is 15.4 Å². The molecule has 31 heavy (non-hydrogen) atoms. The van der Waals surface area contributed by atoms with E-state index in [2.05, 4.69) is 47.6 Å². The van der Waals surface area contributed by atoms with Crippen LogP contribution in [-0.4, -0.2) is 32.8 Å². The van der Waals surface area contributed by atoms with Crippen molar-refractivity contribution in [1.82, 2.24) is 10.6 Å². The lowest BCUT2D eigenvalue weighted by Crippen LogP contribution is -2.25. The molecule has 3 rings (SSSR count). The molecule has 2 aromatic rings. The van der Waals surface area contributed by atoms with E-state index in [1.807, 2.05) is 48.5 Å². The third-order valence-corrected chi connectivity index (χ3v) is 5.28. The first kappa shape index (κ1) is 23.2. The first-order valence-corrected chi connectivity index (χ1v) is 11.4. The fraction of sp³-hybridized carbons (Fsp3) is 0.333. The highest BCUT2D eigenvalue weighted by Crippen LogP contribution is 2.15. The van der Waals surface area contributed by atoms with Gasteiger partial charge in [-0.25, -0.2) is 0 Å². The molecule has 1 atom stereocenters. The lowest BCUT2D eigenvalue weighted by molar-refractivity contribution is 0.316. The Morgan fingerprint density at radius 2 is 1.68 bits per heavy atom. The van der Waals surface area contributed by atoms with Gasteiger partial charge >= 0.3 is 0 Å². The fourth-order valence-corrected chi connectivity index (χ4v) is 3.37. The van der Waals surface area contributed by atoms with Crippen molar-refractivity contribution in [2.75, 3.05) is 32.8 Å². The van der Waals surface area contributed by atoms with Gasteiger partial charge in [-0.2, -0.15) is 0 Å². The van der Waals surface area contributed by atoms with Crippen molar-refractivity contribution < 1.29 is 4.74 Å². The number of allylic oxidation sites excluding steroid dienone is 1. The van der Waals surface area contributed by atoms with Gasteiger partial charge in [0.25, 0.3) is 0 Å². The van der Waals surface area contributed by atoms with Crippen LogP contribution in [0.4, 0.5) is 0 Å². The number of benzene rings is 2. The lowest BCUT2D eigenvalue weighted by Gasteiger charge is -2.17. The Morgan fingerprint density at radius 3 is 2.32 bits per heavy atom. The molecule has 0 aliphatic heterocycles. The van der Waals surface area contributed by atoms with E-state index in [-0.39, 0.29) is 0 Å². The third-order valence-electron chi connectivity index (χ3n) is 5.02. The SMILES string of the molecule is CCCNCC1C=CC(CNCCOc2ccc(C#Cc3ccc(Cl)cc3)cc2)=CC1. The molecule has 4 heteroatoms. The van der Waals surface area contributed by atoms with Gasteiger partial charge in [-0.1, -0.05) is 48.6 Å². The Hall–Kier alpha value is -2.51. The molecule has 0 saturated heterocycles. The van der Waals surface area contributed by atoms with E-state index >= 15 is 0 Å². The predicted molar refractivity (Wildman–Crippen MR) is 131 cm³/mol. The number of halogens is 1. The topological polar surface area (TPSA) is 33.3 Å². The Kier molecular flexibility index (Phi) is 9.73. The maximum Gasteiger partial charge on any atom is 0.119 e. The van der Waals surface area contributed by atoms with E-state index in [1.165, 1.54) is 12.0 Å². The summed E-state index contributed by atoms with van der Waals surface area (Å²) in [5, 5.41) is 7.66. The first-order chi connectivity index (χ1) is 15.2. The summed E-state index contributed by atoms with van der Waals surface area (Å²) in [5.74, 6) is 7.78. The first-order valence-electron chi connectivity index (χ1n) is 11.0. The van der Waals surface area contributed by atoms with Gasteiger partial charge in [-0.05, 0) is 79.4 Å². The summed E-state index contributed by atoms with van der Waals surface area (Å²) in [5.41, 5.74) is 3.26. The van der Waals surface area contributed by atoms with Crippen LogP contribution in [-0.2, 0) is 0 Å². The van der Waals surface area contributed by atoms with Crippen molar-refractivity contribution in [3.05, 3.63) is 88.5 Å². The van der Waals surface area contributed by atoms with Crippen molar-refractivity contribution >= 4 is 11.6 Å². The molecule has 162 valence electrons. The molecule has 0 aromatic heterocycles. The van der Waals surface area contributed by atoms with Crippen molar-refractivity contribution in [3.8, 4) is 17.6 Å². The number of hydrogen-bond donors (Lipinski definition) is 2. The number of hydrogen-bond acceptors (Lipinski definition) is 3. The van der Waals surface area contributed by atoms with Crippen LogP contribution in [0.1, 0.15) is 30.9 Å². The summed E-state index contributed by atoms with van der Waals surface area (Å²) in [7, 11) is 0. The van der Waals surface area contributed by atoms with E-state index in [4.69, 9.17) is 16.3 Å². The summed E-state index contributed by atoms with van der Waals surface area (Å²) in [6.45, 7) is 6.70. The van der Waals surface area contributed by atoms with Crippen molar-refractivity contribution in [1.29, 1.82) is 0 Å². The van der Waals surface area contributed by atoms with Crippen LogP contribution in [0, 0.1) is 17.8 Å². The quantitative estimate of drug-likeness (QED) is 0.397. The molecule has 0 saturated carbocycles. The van der Waals surface area contributed by atoms with Crippen molar-refractivity contribution in [2.24, 2.45) is 5.92 Å². The van der Waals surface area contributed by atoms with Crippen LogP contribution in [0.5, 0.6) is 5.75 Å². The van der Waals surface area contributed by atoms with Crippen LogP contribution in [0.2, 0.25) is 5.02 Å². The normalized spacial score (nSPS) is 15.2. The molecule has 1 aliphatic carbocycles. The minimum Gasteiger partial charge on any atom is -0.492 e. The van der Waals surface area contributed by atoms with E-state index in [0.717, 1.165) is 54.5 Å². The second-order valence-electron chi connectivity index (χ2n) is 7.64. The van der Waals surface area contributed by atoms with Crippen LogP contribution in [0.25, 0.3) is 0 Å². The summed E-state index contributed by atoms with van der Waals surface area (Å²) < 4.78 is 5.83. The van der Waals surface area contributed by atoms with E-state index in [1.54, 1.807) is 0 Å². The molecule has 1 aliphatic rings. The molecule has 0 spiro atoms. The van der Waals surface area contributed by atoms with Gasteiger partial charge in [0.15, 0.2) is 0 Å². The molecule has 0 radical (unpaired) electrons. The van der Waals surface area contributed by atoms with Gasteiger partial charge in [-0.3, -0.25) is 0 Å². The van der Waals surface area contributed by atoms with Gasteiger partial charge in [-0.15, -0.1) is 0 Å². The van der Waals surface area contributed by atoms with Crippen LogP contribution in [0.15, 0.2) is 72.3 Å². The van der Waals surface area contributed by atoms with Crippen molar-refractivity contribution in [3.63, 3.8) is 0 Å². The average Bonchev–Trinajstić information content (AvgIpc) is 2.80. The zero-order chi connectivity index (χ0) is 21.7. The van der Waals surface area contributed by atoms with Gasteiger partial charge in [0, 0.05) is 35.8 Å². The molecule has 0 amide bonds. The van der Waals surface area contributed by atoms with Crippen molar-refractivity contribution in [2.45, 2.75) is 19.8 Å². The van der Waals surface area contributed by atoms with Gasteiger partial charge in [0.05, 0.1) is 0 Å². The molecule has 0 heterocycles. The second kappa shape index (κ2) is 13.0. The third kappa shape index (κ3) is 8.63. The lowest BCUT2D eigenvalue weighted by atomic mass is 9.96. The maximum atomic E-state index is 5.90. The standard InChI is InChI=1S/C27H31ClN2O/c1-2-17-29-20-24-5-7-25(8-6-24)21-30-18-19-31-27-15-11-23(12-16-27)4-3-22-9-13-26(28)14-10-22/h5,7-16,24,29-30H,2,6,17-21H2,1H3. The van der Waals surface area contributed by atoms with E-state index < -0.39 is 0 Å². The zero-order valence-corrected chi connectivity index (χ0v) is 18.9. The maximum absolute atomic E-state index is 5.90. The largest absolute Gasteiger partial charge is 0.492 e. The van der Waals surface area contributed by atoms with E-state index in [0.29, 0.717) is 12.5 Å². The number of ether oxygens (including phenoxy) is 1. The molecule has 0 bridgehead atoms. The highest BCUT2D eigenvalue weighted by Gasteiger charge is 2.07. The Balaban J connectivity index is 1.32. The van der Waals surface area contributed by atoms with Gasteiger partial charge in [0.1, 0.15) is 12.4 Å². The minimum absolute atomic E-state index is 0.623. The molecule has 2 N–H and O–H groups in total. The summed E-state index contributed by atoms with van der Waals surface area (Å²) in [6, 6.07) is 15.4. The molecule has 2 aromatic carbocycles. The minimum atomic E-state index is 0.623. The monoisotopic (exact) mass is 434 g/mol. The van der Waals surface area contributed by atoms with Crippen LogP contribution >= 0.6 is 11.6 Å². The Labute approximate surface area is 191 Å². The Bertz CT molecular complexity index is 920. The fourth-order valence-electron chi connectivity index (χ4n) is 3.24. The molecule has 0 fully saturated rings. The zero-order valence-electron chi connectivity index (χ0n) is 18.2. The number of rotatable bonds is 10.